The molecule has 234 valence electrons. The van der Waals surface area contributed by atoms with E-state index in [2.05, 4.69) is 6.92 Å². The molecule has 0 aliphatic heterocycles. The first-order valence-corrected chi connectivity index (χ1v) is 14.8. The summed E-state index contributed by atoms with van der Waals surface area (Å²) in [5.74, 6) is -0.257. The van der Waals surface area contributed by atoms with Gasteiger partial charge in [0.15, 0.2) is 0 Å². The summed E-state index contributed by atoms with van der Waals surface area (Å²) in [4.78, 5) is 11.5. The van der Waals surface area contributed by atoms with Crippen molar-refractivity contribution in [2.45, 2.75) is 78.2 Å². The van der Waals surface area contributed by atoms with E-state index in [-0.39, 0.29) is 12.4 Å². The van der Waals surface area contributed by atoms with Gasteiger partial charge in [0.1, 0.15) is 5.60 Å². The number of unbranched alkanes of at least 4 members (excludes halogenated alkanes) is 5. The number of rotatable bonds is 31. The zero-order valence-corrected chi connectivity index (χ0v) is 25.3. The molecule has 0 N–H and O–H groups in total. The highest BCUT2D eigenvalue weighted by atomic mass is 16.6. The monoisotopic (exact) mass is 566 g/mol. The Balaban J connectivity index is 3.09. The summed E-state index contributed by atoms with van der Waals surface area (Å²) in [7, 11) is 0. The molecule has 0 heterocycles. The van der Waals surface area contributed by atoms with E-state index >= 15 is 0 Å². The minimum atomic E-state index is -0.465. The van der Waals surface area contributed by atoms with Crippen molar-refractivity contribution >= 4 is 5.97 Å². The molecule has 0 aromatic heterocycles. The summed E-state index contributed by atoms with van der Waals surface area (Å²) >= 11 is 0. The molecule has 0 aromatic rings. The number of hydrogen-bond acceptors (Lipinski definition) is 10. The lowest BCUT2D eigenvalue weighted by atomic mass is 10.1. The fourth-order valence-corrected chi connectivity index (χ4v) is 3.17. The normalized spacial score (nSPS) is 11.8. The van der Waals surface area contributed by atoms with Gasteiger partial charge in [-0.05, 0) is 27.2 Å². The van der Waals surface area contributed by atoms with Gasteiger partial charge in [0.2, 0.25) is 0 Å². The molecule has 0 aliphatic carbocycles. The van der Waals surface area contributed by atoms with Crippen molar-refractivity contribution in [3.63, 3.8) is 0 Å². The second kappa shape index (κ2) is 30.1. The van der Waals surface area contributed by atoms with Crippen LogP contribution >= 0.6 is 0 Å². The Labute approximate surface area is 237 Å². The van der Waals surface area contributed by atoms with Crippen LogP contribution in [0.25, 0.3) is 0 Å². The molecule has 10 heteroatoms. The minimum Gasteiger partial charge on any atom is -0.460 e. The third-order valence-corrected chi connectivity index (χ3v) is 5.12. The molecular formula is C29H58O10. The van der Waals surface area contributed by atoms with Crippen LogP contribution in [-0.2, 0) is 47.4 Å². The Kier molecular flexibility index (Phi) is 29.5. The summed E-state index contributed by atoms with van der Waals surface area (Å²) in [5.41, 5.74) is -0.465. The summed E-state index contributed by atoms with van der Waals surface area (Å²) in [6, 6.07) is 0. The standard InChI is InChI=1S/C29H58O10/c1-5-6-7-8-9-10-12-31-14-16-33-18-20-35-22-24-37-26-27-38-25-23-36-21-19-34-17-15-32-13-11-28(30)39-29(2,3)4/h5-27H2,1-4H3. The molecule has 0 fully saturated rings. The van der Waals surface area contributed by atoms with Crippen LogP contribution in [0.1, 0.15) is 72.6 Å². The first-order chi connectivity index (χ1) is 19.0. The fraction of sp³-hybridized carbons (Fsp3) is 0.966. The van der Waals surface area contributed by atoms with Gasteiger partial charge in [-0.25, -0.2) is 0 Å². The maximum atomic E-state index is 11.5. The van der Waals surface area contributed by atoms with Gasteiger partial charge in [-0.15, -0.1) is 0 Å². The molecule has 0 saturated carbocycles. The predicted molar refractivity (Wildman–Crippen MR) is 150 cm³/mol. The van der Waals surface area contributed by atoms with Crippen LogP contribution in [0.4, 0.5) is 0 Å². The molecule has 0 rings (SSSR count). The molecular weight excluding hydrogens is 508 g/mol. The predicted octanol–water partition coefficient (Wildman–Crippen LogP) is 4.21. The van der Waals surface area contributed by atoms with Crippen molar-refractivity contribution in [3.8, 4) is 0 Å². The smallest absolute Gasteiger partial charge is 0.308 e. The van der Waals surface area contributed by atoms with Crippen molar-refractivity contribution in [2.75, 3.05) is 106 Å². The topological polar surface area (TPSA) is 100 Å². The first-order valence-electron chi connectivity index (χ1n) is 14.8. The Bertz CT molecular complexity index is 499. The van der Waals surface area contributed by atoms with E-state index in [9.17, 15) is 4.79 Å². The summed E-state index contributed by atoms with van der Waals surface area (Å²) in [5, 5.41) is 0. The maximum Gasteiger partial charge on any atom is 0.308 e. The van der Waals surface area contributed by atoms with Gasteiger partial charge in [-0.1, -0.05) is 39.0 Å². The van der Waals surface area contributed by atoms with E-state index in [4.69, 9.17) is 42.6 Å². The molecule has 0 bridgehead atoms. The zero-order valence-electron chi connectivity index (χ0n) is 25.3. The number of hydrogen-bond donors (Lipinski definition) is 0. The lowest BCUT2D eigenvalue weighted by Gasteiger charge is -2.19. The van der Waals surface area contributed by atoms with Gasteiger partial charge in [0.25, 0.3) is 0 Å². The molecule has 0 saturated heterocycles. The van der Waals surface area contributed by atoms with Crippen molar-refractivity contribution in [1.82, 2.24) is 0 Å². The van der Waals surface area contributed by atoms with Crippen LogP contribution < -0.4 is 0 Å². The van der Waals surface area contributed by atoms with Crippen molar-refractivity contribution in [2.24, 2.45) is 0 Å². The number of carbonyl (C=O) groups excluding carboxylic acids is 1. The van der Waals surface area contributed by atoms with Crippen LogP contribution in [0.5, 0.6) is 0 Å². The first kappa shape index (κ1) is 38.1. The molecule has 0 spiro atoms. The number of carbonyl (C=O) groups is 1. The van der Waals surface area contributed by atoms with Crippen molar-refractivity contribution < 1.29 is 47.4 Å². The zero-order chi connectivity index (χ0) is 28.7. The largest absolute Gasteiger partial charge is 0.460 e. The summed E-state index contributed by atoms with van der Waals surface area (Å²) in [6.07, 6.45) is 7.92. The summed E-state index contributed by atoms with van der Waals surface area (Å²) < 4.78 is 48.9. The molecule has 39 heavy (non-hydrogen) atoms. The minimum absolute atomic E-state index is 0.241. The average molecular weight is 567 g/mol. The summed E-state index contributed by atoms with van der Waals surface area (Å²) in [6.45, 7) is 16.3. The van der Waals surface area contributed by atoms with E-state index in [0.29, 0.717) is 99.1 Å². The van der Waals surface area contributed by atoms with E-state index in [1.54, 1.807) is 0 Å². The van der Waals surface area contributed by atoms with E-state index in [1.165, 1.54) is 32.1 Å². The van der Waals surface area contributed by atoms with Gasteiger partial charge in [0, 0.05) is 6.61 Å². The highest BCUT2D eigenvalue weighted by Crippen LogP contribution is 2.08. The Morgan fingerprint density at radius 3 is 1.10 bits per heavy atom. The van der Waals surface area contributed by atoms with Crippen LogP contribution in [0.15, 0.2) is 0 Å². The highest BCUT2D eigenvalue weighted by molar-refractivity contribution is 5.69. The Morgan fingerprint density at radius 1 is 0.436 bits per heavy atom. The lowest BCUT2D eigenvalue weighted by Crippen LogP contribution is -2.24. The van der Waals surface area contributed by atoms with Gasteiger partial charge in [-0.3, -0.25) is 4.79 Å². The van der Waals surface area contributed by atoms with Crippen LogP contribution in [0, 0.1) is 0 Å². The Morgan fingerprint density at radius 2 is 0.744 bits per heavy atom. The maximum absolute atomic E-state index is 11.5. The van der Waals surface area contributed by atoms with Crippen LogP contribution in [0.3, 0.4) is 0 Å². The van der Waals surface area contributed by atoms with E-state index in [1.807, 2.05) is 20.8 Å². The van der Waals surface area contributed by atoms with Gasteiger partial charge in [-0.2, -0.15) is 0 Å². The van der Waals surface area contributed by atoms with Crippen molar-refractivity contribution in [1.29, 1.82) is 0 Å². The van der Waals surface area contributed by atoms with E-state index < -0.39 is 5.60 Å². The molecule has 0 aromatic carbocycles. The SMILES string of the molecule is CCCCCCCCOCCOCCOCCOCCOCCOCCOCCOCCC(=O)OC(C)(C)C. The van der Waals surface area contributed by atoms with Gasteiger partial charge >= 0.3 is 5.97 Å². The van der Waals surface area contributed by atoms with Gasteiger partial charge in [0.05, 0.1) is 106 Å². The third kappa shape index (κ3) is 35.1. The molecule has 0 amide bonds. The Hall–Kier alpha value is -0.850. The second-order valence-electron chi connectivity index (χ2n) is 10.0. The molecule has 0 radical (unpaired) electrons. The highest BCUT2D eigenvalue weighted by Gasteiger charge is 2.15. The molecule has 0 aliphatic rings. The second-order valence-corrected chi connectivity index (χ2v) is 10.0. The quantitative estimate of drug-likeness (QED) is 0.0896. The number of ether oxygens (including phenoxy) is 9. The van der Waals surface area contributed by atoms with Crippen molar-refractivity contribution in [3.05, 3.63) is 0 Å². The average Bonchev–Trinajstić information content (AvgIpc) is 2.88. The van der Waals surface area contributed by atoms with E-state index in [0.717, 1.165) is 13.0 Å². The number of esters is 1. The lowest BCUT2D eigenvalue weighted by molar-refractivity contribution is -0.156. The molecule has 0 unspecified atom stereocenters. The molecule has 0 atom stereocenters. The third-order valence-electron chi connectivity index (χ3n) is 5.12. The van der Waals surface area contributed by atoms with Crippen LogP contribution in [0.2, 0.25) is 0 Å². The van der Waals surface area contributed by atoms with Gasteiger partial charge < -0.3 is 42.6 Å². The molecule has 10 nitrogen and oxygen atoms in total. The van der Waals surface area contributed by atoms with Crippen LogP contribution in [-0.4, -0.2) is 117 Å². The fourth-order valence-electron chi connectivity index (χ4n) is 3.17.